The van der Waals surface area contributed by atoms with Crippen molar-refractivity contribution < 1.29 is 4.79 Å². The maximum Gasteiger partial charge on any atom is 0.227 e. The van der Waals surface area contributed by atoms with E-state index < -0.39 is 0 Å². The van der Waals surface area contributed by atoms with Crippen LogP contribution in [0.3, 0.4) is 0 Å². The van der Waals surface area contributed by atoms with Gasteiger partial charge in [-0.15, -0.1) is 11.3 Å². The molecule has 0 fully saturated rings. The third kappa shape index (κ3) is 4.39. The minimum Gasteiger partial charge on any atom is -0.302 e. The first-order valence-corrected chi connectivity index (χ1v) is 9.03. The van der Waals surface area contributed by atoms with E-state index in [4.69, 9.17) is 0 Å². The van der Waals surface area contributed by atoms with E-state index in [1.54, 1.807) is 6.20 Å². The summed E-state index contributed by atoms with van der Waals surface area (Å²) in [6, 6.07) is 0. The SMILES string of the molecule is CN(CCC(=O)Nc1nccs1)Cc1n[nH]c2c1CCCCC2. The fourth-order valence-corrected chi connectivity index (χ4v) is 3.50. The van der Waals surface area contributed by atoms with Gasteiger partial charge in [0.2, 0.25) is 5.91 Å². The highest BCUT2D eigenvalue weighted by molar-refractivity contribution is 7.13. The Morgan fingerprint density at radius 1 is 1.39 bits per heavy atom. The van der Waals surface area contributed by atoms with Crippen molar-refractivity contribution in [1.82, 2.24) is 20.1 Å². The average Bonchev–Trinajstić information content (AvgIpc) is 3.10. The Kier molecular flexibility index (Phi) is 5.40. The lowest BCUT2D eigenvalue weighted by Crippen LogP contribution is -2.24. The molecule has 7 heteroatoms. The topological polar surface area (TPSA) is 73.9 Å². The molecule has 0 aliphatic heterocycles. The van der Waals surface area contributed by atoms with Crippen molar-refractivity contribution in [1.29, 1.82) is 0 Å². The predicted molar refractivity (Wildman–Crippen MR) is 91.5 cm³/mol. The van der Waals surface area contributed by atoms with Gasteiger partial charge in [-0.25, -0.2) is 4.98 Å². The van der Waals surface area contributed by atoms with Gasteiger partial charge in [0.1, 0.15) is 0 Å². The maximum absolute atomic E-state index is 11.9. The standard InChI is InChI=1S/C16H23N5OS/c1-21(9-7-15(22)18-16-17-8-10-23-16)11-14-12-5-3-2-4-6-13(12)19-20-14/h8,10H,2-7,9,11H2,1H3,(H,19,20)(H,17,18,22). The van der Waals surface area contributed by atoms with Gasteiger partial charge >= 0.3 is 0 Å². The van der Waals surface area contributed by atoms with E-state index >= 15 is 0 Å². The molecular formula is C16H23N5OS. The minimum atomic E-state index is 0.00709. The molecule has 6 nitrogen and oxygen atoms in total. The molecule has 0 spiro atoms. The molecule has 23 heavy (non-hydrogen) atoms. The zero-order valence-corrected chi connectivity index (χ0v) is 14.3. The number of carbonyl (C=O) groups is 1. The molecule has 2 N–H and O–H groups in total. The van der Waals surface area contributed by atoms with Crippen LogP contribution in [-0.2, 0) is 24.2 Å². The molecule has 0 bridgehead atoms. The predicted octanol–water partition coefficient (Wildman–Crippen LogP) is 2.60. The summed E-state index contributed by atoms with van der Waals surface area (Å²) >= 11 is 1.44. The van der Waals surface area contributed by atoms with E-state index in [2.05, 4.69) is 25.4 Å². The Morgan fingerprint density at radius 2 is 2.26 bits per heavy atom. The van der Waals surface area contributed by atoms with Crippen LogP contribution >= 0.6 is 11.3 Å². The molecule has 3 rings (SSSR count). The summed E-state index contributed by atoms with van der Waals surface area (Å²) in [5, 5.41) is 13.0. The van der Waals surface area contributed by atoms with E-state index in [0.717, 1.165) is 25.1 Å². The van der Waals surface area contributed by atoms with E-state index in [1.165, 1.54) is 41.9 Å². The average molecular weight is 333 g/mol. The summed E-state index contributed by atoms with van der Waals surface area (Å²) < 4.78 is 0. The van der Waals surface area contributed by atoms with Gasteiger partial charge in [-0.05, 0) is 38.3 Å². The molecule has 0 aromatic carbocycles. The Hall–Kier alpha value is -1.73. The van der Waals surface area contributed by atoms with Crippen LogP contribution < -0.4 is 5.32 Å². The second kappa shape index (κ2) is 7.70. The van der Waals surface area contributed by atoms with Crippen molar-refractivity contribution in [2.24, 2.45) is 0 Å². The summed E-state index contributed by atoms with van der Waals surface area (Å²) in [5.74, 6) is 0.00709. The van der Waals surface area contributed by atoms with E-state index in [0.29, 0.717) is 18.1 Å². The van der Waals surface area contributed by atoms with Crippen molar-refractivity contribution in [2.75, 3.05) is 18.9 Å². The largest absolute Gasteiger partial charge is 0.302 e. The van der Waals surface area contributed by atoms with Crippen LogP contribution in [0.5, 0.6) is 0 Å². The van der Waals surface area contributed by atoms with Crippen LogP contribution in [0.15, 0.2) is 11.6 Å². The molecule has 2 heterocycles. The van der Waals surface area contributed by atoms with Gasteiger partial charge in [0, 0.05) is 36.8 Å². The number of aromatic amines is 1. The highest BCUT2D eigenvalue weighted by atomic mass is 32.1. The molecule has 0 radical (unpaired) electrons. The number of aromatic nitrogens is 3. The third-order valence-corrected chi connectivity index (χ3v) is 4.90. The molecule has 0 atom stereocenters. The fraction of sp³-hybridized carbons (Fsp3) is 0.562. The number of anilines is 1. The third-order valence-electron chi connectivity index (χ3n) is 4.21. The lowest BCUT2D eigenvalue weighted by molar-refractivity contribution is -0.116. The highest BCUT2D eigenvalue weighted by Gasteiger charge is 2.17. The van der Waals surface area contributed by atoms with Gasteiger partial charge in [-0.3, -0.25) is 14.8 Å². The molecule has 124 valence electrons. The van der Waals surface area contributed by atoms with E-state index in [9.17, 15) is 4.79 Å². The number of hydrogen-bond acceptors (Lipinski definition) is 5. The molecular weight excluding hydrogens is 310 g/mol. The van der Waals surface area contributed by atoms with Crippen molar-refractivity contribution in [3.05, 3.63) is 28.5 Å². The lowest BCUT2D eigenvalue weighted by Gasteiger charge is -2.15. The van der Waals surface area contributed by atoms with Gasteiger partial charge in [0.05, 0.1) is 5.69 Å². The first-order chi connectivity index (χ1) is 11.2. The second-order valence-electron chi connectivity index (χ2n) is 6.06. The Bertz CT molecular complexity index is 637. The molecule has 2 aromatic rings. The van der Waals surface area contributed by atoms with Crippen LogP contribution in [-0.4, -0.2) is 39.6 Å². The van der Waals surface area contributed by atoms with Crippen LogP contribution in [0.1, 0.15) is 42.6 Å². The molecule has 0 saturated carbocycles. The van der Waals surface area contributed by atoms with Crippen LogP contribution in [0, 0.1) is 0 Å². The molecule has 1 aliphatic rings. The molecule has 2 aromatic heterocycles. The fourth-order valence-electron chi connectivity index (χ4n) is 2.95. The van der Waals surface area contributed by atoms with Crippen molar-refractivity contribution in [2.45, 2.75) is 45.1 Å². The van der Waals surface area contributed by atoms with E-state index in [1.807, 2.05) is 12.4 Å². The lowest BCUT2D eigenvalue weighted by atomic mass is 10.1. The van der Waals surface area contributed by atoms with Gasteiger partial charge in [0.15, 0.2) is 5.13 Å². The summed E-state index contributed by atoms with van der Waals surface area (Å²) in [6.07, 6.45) is 8.19. The zero-order valence-electron chi connectivity index (χ0n) is 13.5. The number of fused-ring (bicyclic) bond motifs is 1. The Balaban J connectivity index is 1.48. The summed E-state index contributed by atoms with van der Waals surface area (Å²) in [4.78, 5) is 18.1. The van der Waals surface area contributed by atoms with Crippen LogP contribution in [0.2, 0.25) is 0 Å². The van der Waals surface area contributed by atoms with Gasteiger partial charge in [-0.2, -0.15) is 5.10 Å². The number of aryl methyl sites for hydroxylation is 1. The van der Waals surface area contributed by atoms with Crippen molar-refractivity contribution >= 4 is 22.4 Å². The van der Waals surface area contributed by atoms with Crippen LogP contribution in [0.25, 0.3) is 0 Å². The van der Waals surface area contributed by atoms with Gasteiger partial charge in [0.25, 0.3) is 0 Å². The maximum atomic E-state index is 11.9. The summed E-state index contributed by atoms with van der Waals surface area (Å²) in [5.41, 5.74) is 3.86. The normalized spacial score (nSPS) is 14.5. The number of amides is 1. The number of nitrogens with zero attached hydrogens (tertiary/aromatic N) is 3. The second-order valence-corrected chi connectivity index (χ2v) is 6.96. The number of carbonyl (C=O) groups excluding carboxylic acids is 1. The molecule has 1 aliphatic carbocycles. The number of thiazole rings is 1. The number of H-pyrrole nitrogens is 1. The first kappa shape index (κ1) is 16.1. The first-order valence-electron chi connectivity index (χ1n) is 8.15. The number of rotatable bonds is 6. The Morgan fingerprint density at radius 3 is 3.09 bits per heavy atom. The number of nitrogens with one attached hydrogen (secondary N) is 2. The van der Waals surface area contributed by atoms with Gasteiger partial charge in [-0.1, -0.05) is 6.42 Å². The zero-order chi connectivity index (χ0) is 16.1. The monoisotopic (exact) mass is 333 g/mol. The van der Waals surface area contributed by atoms with Gasteiger partial charge < -0.3 is 5.32 Å². The molecule has 0 unspecified atom stereocenters. The molecule has 1 amide bonds. The smallest absolute Gasteiger partial charge is 0.227 e. The summed E-state index contributed by atoms with van der Waals surface area (Å²) in [7, 11) is 2.04. The summed E-state index contributed by atoms with van der Waals surface area (Å²) in [6.45, 7) is 1.50. The minimum absolute atomic E-state index is 0.00709. The molecule has 0 saturated heterocycles. The van der Waals surface area contributed by atoms with Crippen molar-refractivity contribution in [3.63, 3.8) is 0 Å². The number of hydrogen-bond donors (Lipinski definition) is 2. The van der Waals surface area contributed by atoms with Crippen molar-refractivity contribution in [3.8, 4) is 0 Å². The Labute approximate surface area is 140 Å². The quantitative estimate of drug-likeness (QED) is 0.797. The highest BCUT2D eigenvalue weighted by Crippen LogP contribution is 2.22. The van der Waals surface area contributed by atoms with Crippen LogP contribution in [0.4, 0.5) is 5.13 Å². The van der Waals surface area contributed by atoms with E-state index in [-0.39, 0.29) is 5.91 Å².